The summed E-state index contributed by atoms with van der Waals surface area (Å²) in [4.78, 5) is 18.2. The normalized spacial score (nSPS) is 11.3. The number of aromatic nitrogens is 1. The van der Waals surface area contributed by atoms with Gasteiger partial charge in [-0.05, 0) is 45.0 Å². The lowest BCUT2D eigenvalue weighted by atomic mass is 10.1. The predicted molar refractivity (Wildman–Crippen MR) is 92.0 cm³/mol. The minimum absolute atomic E-state index is 0.194. The number of hydrogen-bond donors (Lipinski definition) is 1. The van der Waals surface area contributed by atoms with Crippen LogP contribution in [0, 0.1) is 0 Å². The van der Waals surface area contributed by atoms with Gasteiger partial charge in [-0.1, -0.05) is 0 Å². The van der Waals surface area contributed by atoms with Crippen molar-refractivity contribution in [3.8, 4) is 16.3 Å². The third-order valence-electron chi connectivity index (χ3n) is 3.11. The molecule has 0 aliphatic rings. The van der Waals surface area contributed by atoms with Crippen molar-refractivity contribution in [3.63, 3.8) is 0 Å². The average Bonchev–Trinajstić information content (AvgIpc) is 2.95. The van der Waals surface area contributed by atoms with Gasteiger partial charge in [0.25, 0.3) is 5.91 Å². The lowest BCUT2D eigenvalue weighted by Crippen LogP contribution is -2.39. The van der Waals surface area contributed by atoms with Gasteiger partial charge in [-0.3, -0.25) is 4.79 Å². The molecule has 0 saturated carbocycles. The molecule has 0 atom stereocenters. The van der Waals surface area contributed by atoms with Crippen molar-refractivity contribution < 1.29 is 14.6 Å². The highest BCUT2D eigenvalue weighted by Gasteiger charge is 2.22. The maximum atomic E-state index is 12.3. The van der Waals surface area contributed by atoms with E-state index < -0.39 is 5.60 Å². The second kappa shape index (κ2) is 7.10. The van der Waals surface area contributed by atoms with E-state index in [-0.39, 0.29) is 12.5 Å². The number of rotatable bonds is 6. The molecule has 1 aromatic heterocycles. The lowest BCUT2D eigenvalue weighted by molar-refractivity contribution is 0.0365. The molecule has 1 heterocycles. The quantitative estimate of drug-likeness (QED) is 0.882. The van der Waals surface area contributed by atoms with Gasteiger partial charge in [0.1, 0.15) is 16.5 Å². The summed E-state index contributed by atoms with van der Waals surface area (Å²) in [5, 5.41) is 12.3. The van der Waals surface area contributed by atoms with Crippen LogP contribution in [0.5, 0.6) is 5.75 Å². The summed E-state index contributed by atoms with van der Waals surface area (Å²) in [5.74, 6) is 0.620. The summed E-state index contributed by atoms with van der Waals surface area (Å²) < 4.78 is 5.42. The lowest BCUT2D eigenvalue weighted by Gasteiger charge is -2.24. The van der Waals surface area contributed by atoms with E-state index in [1.54, 1.807) is 26.3 Å². The largest absolute Gasteiger partial charge is 0.494 e. The van der Waals surface area contributed by atoms with Crippen LogP contribution < -0.4 is 4.74 Å². The Morgan fingerprint density at radius 3 is 2.57 bits per heavy atom. The van der Waals surface area contributed by atoms with Crippen LogP contribution in [0.4, 0.5) is 0 Å². The van der Waals surface area contributed by atoms with Crippen molar-refractivity contribution in [3.05, 3.63) is 35.3 Å². The van der Waals surface area contributed by atoms with Crippen LogP contribution in [-0.4, -0.2) is 46.7 Å². The zero-order chi connectivity index (χ0) is 17.0. The van der Waals surface area contributed by atoms with E-state index in [4.69, 9.17) is 4.74 Å². The summed E-state index contributed by atoms with van der Waals surface area (Å²) >= 11 is 1.42. The fraction of sp³-hybridized carbons (Fsp3) is 0.412. The zero-order valence-corrected chi connectivity index (χ0v) is 14.7. The SMILES string of the molecule is CCOc1ccc(-c2nc(C(=O)N(C)CC(C)(C)O)cs2)cc1. The van der Waals surface area contributed by atoms with Gasteiger partial charge in [-0.2, -0.15) is 0 Å². The van der Waals surface area contributed by atoms with Crippen LogP contribution in [0.15, 0.2) is 29.6 Å². The Kier molecular flexibility index (Phi) is 5.38. The van der Waals surface area contributed by atoms with E-state index in [0.29, 0.717) is 12.3 Å². The minimum atomic E-state index is -0.932. The number of aliphatic hydroxyl groups is 1. The third-order valence-corrected chi connectivity index (χ3v) is 4.00. The molecule has 0 aliphatic heterocycles. The standard InChI is InChI=1S/C17H22N2O3S/c1-5-22-13-8-6-12(7-9-13)15-18-14(10-23-15)16(20)19(4)11-17(2,3)21/h6-10,21H,5,11H2,1-4H3. The Balaban J connectivity index is 2.12. The number of nitrogens with zero attached hydrogens (tertiary/aromatic N) is 2. The molecule has 0 aliphatic carbocycles. The molecule has 0 fully saturated rings. The van der Waals surface area contributed by atoms with E-state index in [9.17, 15) is 9.90 Å². The summed E-state index contributed by atoms with van der Waals surface area (Å²) in [6.45, 7) is 6.16. The van der Waals surface area contributed by atoms with Crippen LogP contribution in [0.2, 0.25) is 0 Å². The highest BCUT2D eigenvalue weighted by Crippen LogP contribution is 2.26. The number of hydrogen-bond acceptors (Lipinski definition) is 5. The second-order valence-electron chi connectivity index (χ2n) is 5.97. The molecule has 2 aromatic rings. The van der Waals surface area contributed by atoms with Gasteiger partial charge in [-0.15, -0.1) is 11.3 Å². The average molecular weight is 334 g/mol. The molecular formula is C17H22N2O3S. The maximum Gasteiger partial charge on any atom is 0.273 e. The van der Waals surface area contributed by atoms with Crippen LogP contribution in [0.1, 0.15) is 31.3 Å². The first-order chi connectivity index (χ1) is 10.8. The number of likely N-dealkylation sites (N-methyl/N-ethyl adjacent to an activating group) is 1. The molecule has 0 radical (unpaired) electrons. The molecule has 0 unspecified atom stereocenters. The van der Waals surface area contributed by atoms with Crippen molar-refractivity contribution >= 4 is 17.2 Å². The summed E-state index contributed by atoms with van der Waals surface area (Å²) in [6.07, 6.45) is 0. The number of benzene rings is 1. The Morgan fingerprint density at radius 1 is 1.35 bits per heavy atom. The Hall–Kier alpha value is -1.92. The van der Waals surface area contributed by atoms with E-state index in [1.165, 1.54) is 16.2 Å². The van der Waals surface area contributed by atoms with E-state index >= 15 is 0 Å². The smallest absolute Gasteiger partial charge is 0.273 e. The highest BCUT2D eigenvalue weighted by molar-refractivity contribution is 7.13. The number of amides is 1. The molecular weight excluding hydrogens is 312 g/mol. The first kappa shape index (κ1) is 17.4. The Morgan fingerprint density at radius 2 is 2.00 bits per heavy atom. The van der Waals surface area contributed by atoms with E-state index in [0.717, 1.165) is 16.3 Å². The first-order valence-electron chi connectivity index (χ1n) is 7.47. The van der Waals surface area contributed by atoms with Crippen LogP contribution >= 0.6 is 11.3 Å². The summed E-state index contributed by atoms with van der Waals surface area (Å²) in [7, 11) is 1.66. The van der Waals surface area contributed by atoms with Gasteiger partial charge in [0.05, 0.1) is 12.2 Å². The molecule has 1 N–H and O–H groups in total. The van der Waals surface area contributed by atoms with Crippen LogP contribution in [0.3, 0.4) is 0 Å². The van der Waals surface area contributed by atoms with Gasteiger partial charge in [0.15, 0.2) is 0 Å². The molecule has 23 heavy (non-hydrogen) atoms. The molecule has 0 spiro atoms. The van der Waals surface area contributed by atoms with Gasteiger partial charge >= 0.3 is 0 Å². The van der Waals surface area contributed by atoms with Crippen molar-refractivity contribution in [1.29, 1.82) is 0 Å². The zero-order valence-electron chi connectivity index (χ0n) is 13.9. The van der Waals surface area contributed by atoms with Gasteiger partial charge in [-0.25, -0.2) is 4.98 Å². The maximum absolute atomic E-state index is 12.3. The fourth-order valence-electron chi connectivity index (χ4n) is 2.21. The minimum Gasteiger partial charge on any atom is -0.494 e. The summed E-state index contributed by atoms with van der Waals surface area (Å²) in [6, 6.07) is 7.64. The van der Waals surface area contributed by atoms with Crippen LogP contribution in [0.25, 0.3) is 10.6 Å². The van der Waals surface area contributed by atoms with Crippen molar-refractivity contribution in [2.24, 2.45) is 0 Å². The predicted octanol–water partition coefficient (Wildman–Crippen LogP) is 3.05. The van der Waals surface area contributed by atoms with Gasteiger partial charge in [0, 0.05) is 24.5 Å². The molecule has 5 nitrogen and oxygen atoms in total. The van der Waals surface area contributed by atoms with E-state index in [1.807, 2.05) is 31.2 Å². The Labute approximate surface area is 140 Å². The molecule has 1 amide bonds. The number of carbonyl (C=O) groups is 1. The molecule has 2 rings (SSSR count). The molecule has 1 aromatic carbocycles. The number of ether oxygens (including phenoxy) is 1. The molecule has 0 saturated heterocycles. The van der Waals surface area contributed by atoms with Crippen molar-refractivity contribution in [1.82, 2.24) is 9.88 Å². The second-order valence-corrected chi connectivity index (χ2v) is 6.83. The summed E-state index contributed by atoms with van der Waals surface area (Å²) in [5.41, 5.74) is 0.409. The third kappa shape index (κ3) is 4.77. The highest BCUT2D eigenvalue weighted by atomic mass is 32.1. The van der Waals surface area contributed by atoms with Gasteiger partial charge in [0.2, 0.25) is 0 Å². The Bertz CT molecular complexity index is 659. The fourth-order valence-corrected chi connectivity index (χ4v) is 3.01. The molecule has 124 valence electrons. The monoisotopic (exact) mass is 334 g/mol. The number of carbonyl (C=O) groups excluding carboxylic acids is 1. The number of thiazole rings is 1. The molecule has 6 heteroatoms. The van der Waals surface area contributed by atoms with Crippen molar-refractivity contribution in [2.75, 3.05) is 20.2 Å². The van der Waals surface area contributed by atoms with Crippen molar-refractivity contribution in [2.45, 2.75) is 26.4 Å². The van der Waals surface area contributed by atoms with E-state index in [2.05, 4.69) is 4.98 Å². The first-order valence-corrected chi connectivity index (χ1v) is 8.34. The molecule has 0 bridgehead atoms. The van der Waals surface area contributed by atoms with Crippen LogP contribution in [-0.2, 0) is 0 Å². The van der Waals surface area contributed by atoms with Gasteiger partial charge < -0.3 is 14.7 Å². The topological polar surface area (TPSA) is 62.7 Å².